The smallest absolute Gasteiger partial charge is 0.136 e. The molecule has 0 saturated heterocycles. The van der Waals surface area contributed by atoms with Crippen LogP contribution in [0.1, 0.15) is 31.7 Å². The van der Waals surface area contributed by atoms with E-state index in [0.29, 0.717) is 3.57 Å². The number of nitrogens with one attached hydrogen (secondary N) is 1. The lowest BCUT2D eigenvalue weighted by Gasteiger charge is -2.05. The summed E-state index contributed by atoms with van der Waals surface area (Å²) in [6.45, 7) is 4.07. The normalized spacial score (nSPS) is 10.6. The van der Waals surface area contributed by atoms with Gasteiger partial charge >= 0.3 is 0 Å². The van der Waals surface area contributed by atoms with Crippen LogP contribution in [0, 0.1) is 9.39 Å². The third-order valence-corrected chi connectivity index (χ3v) is 3.10. The Morgan fingerprint density at radius 1 is 1.33 bits per heavy atom. The molecule has 0 amide bonds. The molecule has 0 aliphatic rings. The zero-order chi connectivity index (χ0) is 11.1. The van der Waals surface area contributed by atoms with E-state index in [2.05, 4.69) is 12.2 Å². The van der Waals surface area contributed by atoms with E-state index >= 15 is 0 Å². The fraction of sp³-hybridized carbons (Fsp3) is 0.500. The van der Waals surface area contributed by atoms with Gasteiger partial charge in [-0.3, -0.25) is 0 Å². The predicted octanol–water partition coefficient (Wildman–Crippen LogP) is 3.71. The minimum Gasteiger partial charge on any atom is -0.313 e. The van der Waals surface area contributed by atoms with Crippen molar-refractivity contribution >= 4 is 22.6 Å². The van der Waals surface area contributed by atoms with E-state index in [1.807, 2.05) is 34.7 Å². The Morgan fingerprint density at radius 2 is 2.13 bits per heavy atom. The second-order valence-electron chi connectivity index (χ2n) is 3.63. The summed E-state index contributed by atoms with van der Waals surface area (Å²) >= 11 is 2.02. The molecule has 0 aromatic heterocycles. The average Bonchev–Trinajstić information content (AvgIpc) is 2.23. The van der Waals surface area contributed by atoms with E-state index in [1.165, 1.54) is 25.3 Å². The Morgan fingerprint density at radius 3 is 2.80 bits per heavy atom. The quantitative estimate of drug-likeness (QED) is 0.622. The van der Waals surface area contributed by atoms with E-state index in [4.69, 9.17) is 0 Å². The maximum atomic E-state index is 13.0. The third-order valence-electron chi connectivity index (χ3n) is 2.27. The highest BCUT2D eigenvalue weighted by atomic mass is 127. The van der Waals surface area contributed by atoms with Crippen molar-refractivity contribution in [3.8, 4) is 0 Å². The zero-order valence-electron chi connectivity index (χ0n) is 9.02. The Bertz CT molecular complexity index is 302. The molecule has 0 unspecified atom stereocenters. The van der Waals surface area contributed by atoms with Crippen molar-refractivity contribution < 1.29 is 4.39 Å². The summed E-state index contributed by atoms with van der Waals surface area (Å²) in [6.07, 6.45) is 3.73. The molecule has 3 heteroatoms. The molecule has 84 valence electrons. The summed E-state index contributed by atoms with van der Waals surface area (Å²) in [7, 11) is 0. The van der Waals surface area contributed by atoms with Crippen LogP contribution in [0.25, 0.3) is 0 Å². The molecule has 0 aliphatic heterocycles. The molecular weight excluding hydrogens is 304 g/mol. The topological polar surface area (TPSA) is 12.0 Å². The van der Waals surface area contributed by atoms with Gasteiger partial charge in [0.25, 0.3) is 0 Å². The zero-order valence-corrected chi connectivity index (χ0v) is 11.2. The first kappa shape index (κ1) is 12.9. The molecule has 1 aromatic rings. The van der Waals surface area contributed by atoms with Gasteiger partial charge in [-0.15, -0.1) is 0 Å². The van der Waals surface area contributed by atoms with Crippen molar-refractivity contribution in [2.75, 3.05) is 6.54 Å². The lowest BCUT2D eigenvalue weighted by molar-refractivity contribution is 0.607. The Balaban J connectivity index is 2.28. The first-order chi connectivity index (χ1) is 7.24. The molecule has 0 radical (unpaired) electrons. The Kier molecular flexibility index (Phi) is 6.17. The Hall–Kier alpha value is -0.160. The molecular formula is C12H17FIN. The van der Waals surface area contributed by atoms with Gasteiger partial charge in [0.05, 0.1) is 0 Å². The van der Waals surface area contributed by atoms with Crippen molar-refractivity contribution in [2.45, 2.75) is 32.7 Å². The summed E-state index contributed by atoms with van der Waals surface area (Å²) < 4.78 is 13.7. The maximum absolute atomic E-state index is 13.0. The van der Waals surface area contributed by atoms with Gasteiger partial charge in [-0.2, -0.15) is 0 Å². The maximum Gasteiger partial charge on any atom is 0.136 e. The highest BCUT2D eigenvalue weighted by Gasteiger charge is 1.99. The highest BCUT2D eigenvalue weighted by Crippen LogP contribution is 2.12. The van der Waals surface area contributed by atoms with Gasteiger partial charge in [-0.05, 0) is 53.3 Å². The third kappa shape index (κ3) is 4.93. The molecule has 1 nitrogen and oxygen atoms in total. The number of unbranched alkanes of at least 4 members (excludes halogenated alkanes) is 2. The molecule has 1 rings (SSSR count). The van der Waals surface area contributed by atoms with Gasteiger partial charge < -0.3 is 5.32 Å². The molecule has 0 atom stereocenters. The Labute approximate surface area is 105 Å². The first-order valence-corrected chi connectivity index (χ1v) is 6.46. The standard InChI is InChI=1S/C12H17FIN/c1-2-3-4-7-15-9-10-5-6-11(13)12(14)8-10/h5-6,8,15H,2-4,7,9H2,1H3. The molecule has 0 bridgehead atoms. The van der Waals surface area contributed by atoms with Crippen LogP contribution >= 0.6 is 22.6 Å². The van der Waals surface area contributed by atoms with E-state index in [9.17, 15) is 4.39 Å². The van der Waals surface area contributed by atoms with Gasteiger partial charge in [0.1, 0.15) is 5.82 Å². The summed E-state index contributed by atoms with van der Waals surface area (Å²) in [5, 5.41) is 3.36. The molecule has 0 aliphatic carbocycles. The van der Waals surface area contributed by atoms with Crippen LogP contribution in [0.15, 0.2) is 18.2 Å². The largest absolute Gasteiger partial charge is 0.313 e. The monoisotopic (exact) mass is 321 g/mol. The van der Waals surface area contributed by atoms with Crippen LogP contribution in [-0.4, -0.2) is 6.54 Å². The van der Waals surface area contributed by atoms with Gasteiger partial charge in [0.2, 0.25) is 0 Å². The van der Waals surface area contributed by atoms with Crippen LogP contribution in [0.5, 0.6) is 0 Å². The molecule has 1 N–H and O–H groups in total. The molecule has 0 saturated carbocycles. The first-order valence-electron chi connectivity index (χ1n) is 5.38. The summed E-state index contributed by atoms with van der Waals surface area (Å²) in [5.41, 5.74) is 1.15. The van der Waals surface area contributed by atoms with Crippen LogP contribution in [-0.2, 0) is 6.54 Å². The van der Waals surface area contributed by atoms with Gasteiger partial charge in [0.15, 0.2) is 0 Å². The van der Waals surface area contributed by atoms with Crippen LogP contribution < -0.4 is 5.32 Å². The van der Waals surface area contributed by atoms with E-state index in [-0.39, 0.29) is 5.82 Å². The van der Waals surface area contributed by atoms with Crippen LogP contribution in [0.4, 0.5) is 4.39 Å². The van der Waals surface area contributed by atoms with Gasteiger partial charge in [0, 0.05) is 10.1 Å². The molecule has 0 spiro atoms. The average molecular weight is 321 g/mol. The fourth-order valence-electron chi connectivity index (χ4n) is 1.38. The second kappa shape index (κ2) is 7.17. The number of hydrogen-bond donors (Lipinski definition) is 1. The van der Waals surface area contributed by atoms with Crippen LogP contribution in [0.3, 0.4) is 0 Å². The number of hydrogen-bond acceptors (Lipinski definition) is 1. The second-order valence-corrected chi connectivity index (χ2v) is 4.79. The fourth-order valence-corrected chi connectivity index (χ4v) is 1.96. The molecule has 0 heterocycles. The van der Waals surface area contributed by atoms with E-state index < -0.39 is 0 Å². The highest BCUT2D eigenvalue weighted by molar-refractivity contribution is 14.1. The van der Waals surface area contributed by atoms with Crippen molar-refractivity contribution in [2.24, 2.45) is 0 Å². The van der Waals surface area contributed by atoms with Crippen molar-refractivity contribution in [1.29, 1.82) is 0 Å². The summed E-state index contributed by atoms with van der Waals surface area (Å²) in [4.78, 5) is 0. The van der Waals surface area contributed by atoms with Gasteiger partial charge in [-0.25, -0.2) is 4.39 Å². The van der Waals surface area contributed by atoms with Crippen molar-refractivity contribution in [1.82, 2.24) is 5.32 Å². The van der Waals surface area contributed by atoms with Crippen LogP contribution in [0.2, 0.25) is 0 Å². The lowest BCUT2D eigenvalue weighted by atomic mass is 10.2. The van der Waals surface area contributed by atoms with E-state index in [0.717, 1.165) is 18.7 Å². The van der Waals surface area contributed by atoms with Gasteiger partial charge in [-0.1, -0.05) is 25.8 Å². The van der Waals surface area contributed by atoms with Crippen molar-refractivity contribution in [3.63, 3.8) is 0 Å². The van der Waals surface area contributed by atoms with Crippen molar-refractivity contribution in [3.05, 3.63) is 33.1 Å². The molecule has 0 fully saturated rings. The lowest BCUT2D eigenvalue weighted by Crippen LogP contribution is -2.14. The summed E-state index contributed by atoms with van der Waals surface area (Å²) in [6, 6.07) is 5.26. The minimum absolute atomic E-state index is 0.134. The minimum atomic E-state index is -0.134. The van der Waals surface area contributed by atoms with E-state index in [1.54, 1.807) is 0 Å². The predicted molar refractivity (Wildman–Crippen MR) is 70.3 cm³/mol. The molecule has 15 heavy (non-hydrogen) atoms. The SMILES string of the molecule is CCCCCNCc1ccc(F)c(I)c1. The number of benzene rings is 1. The summed E-state index contributed by atoms with van der Waals surface area (Å²) in [5.74, 6) is -0.134. The number of rotatable bonds is 6. The number of halogens is 2. The molecule has 1 aromatic carbocycles.